The normalized spacial score (nSPS) is 15.2. The summed E-state index contributed by atoms with van der Waals surface area (Å²) in [4.78, 5) is 25.5. The molecule has 2 heterocycles. The highest BCUT2D eigenvalue weighted by atomic mass is 16.5. The first kappa shape index (κ1) is 18.9. The lowest BCUT2D eigenvalue weighted by Gasteiger charge is -2.29. The van der Waals surface area contributed by atoms with Crippen molar-refractivity contribution in [2.24, 2.45) is 5.92 Å². The number of rotatable bonds is 5. The van der Waals surface area contributed by atoms with Crippen molar-refractivity contribution in [1.82, 2.24) is 19.9 Å². The van der Waals surface area contributed by atoms with E-state index >= 15 is 0 Å². The van der Waals surface area contributed by atoms with Gasteiger partial charge in [0.25, 0.3) is 5.91 Å². The number of hydrogen-bond donors (Lipinski definition) is 1. The molecular weight excluding hydrogens is 348 g/mol. The first-order valence-corrected chi connectivity index (χ1v) is 9.08. The third kappa shape index (κ3) is 4.10. The highest BCUT2D eigenvalue weighted by Crippen LogP contribution is 2.21. The van der Waals surface area contributed by atoms with E-state index in [1.54, 1.807) is 16.5 Å². The van der Waals surface area contributed by atoms with Crippen LogP contribution in [0, 0.1) is 12.8 Å². The summed E-state index contributed by atoms with van der Waals surface area (Å²) in [5.74, 6) is -0.613. The quantitative estimate of drug-likeness (QED) is 0.865. The minimum Gasteiger partial charge on any atom is -0.491 e. The van der Waals surface area contributed by atoms with Crippen LogP contribution in [-0.4, -0.2) is 56.1 Å². The number of carbonyl (C=O) groups excluding carboxylic acids is 1. The van der Waals surface area contributed by atoms with Crippen LogP contribution in [0.5, 0.6) is 5.75 Å². The zero-order chi connectivity index (χ0) is 19.6. The van der Waals surface area contributed by atoms with Gasteiger partial charge in [-0.1, -0.05) is 5.21 Å². The summed E-state index contributed by atoms with van der Waals surface area (Å²) in [5, 5.41) is 17.3. The van der Waals surface area contributed by atoms with Crippen molar-refractivity contribution in [2.45, 2.75) is 39.7 Å². The van der Waals surface area contributed by atoms with Gasteiger partial charge in [-0.3, -0.25) is 9.59 Å². The van der Waals surface area contributed by atoms with Crippen molar-refractivity contribution in [2.75, 3.05) is 13.1 Å². The summed E-state index contributed by atoms with van der Waals surface area (Å²) < 4.78 is 7.26. The van der Waals surface area contributed by atoms with Crippen molar-refractivity contribution in [3.63, 3.8) is 0 Å². The van der Waals surface area contributed by atoms with E-state index in [1.165, 1.54) is 0 Å². The number of benzene rings is 1. The number of carboxylic acid groups (broad SMARTS) is 1. The molecule has 1 aliphatic rings. The molecule has 1 amide bonds. The van der Waals surface area contributed by atoms with Crippen LogP contribution in [0.3, 0.4) is 0 Å². The number of amides is 1. The standard InChI is InChI=1S/C19H24N4O4/c1-12(2)27-16-6-4-15(5-7-16)23-13(3)17(20-21-23)18(24)22-10-8-14(9-11-22)19(25)26/h4-7,12,14H,8-11H2,1-3H3,(H,25,26). The summed E-state index contributed by atoms with van der Waals surface area (Å²) >= 11 is 0. The topological polar surface area (TPSA) is 97.5 Å². The number of nitrogens with zero attached hydrogens (tertiary/aromatic N) is 4. The Morgan fingerprint density at radius 3 is 2.37 bits per heavy atom. The Balaban J connectivity index is 1.73. The lowest BCUT2D eigenvalue weighted by atomic mass is 9.97. The highest BCUT2D eigenvalue weighted by Gasteiger charge is 2.29. The fourth-order valence-corrected chi connectivity index (χ4v) is 3.19. The van der Waals surface area contributed by atoms with Gasteiger partial charge in [-0.25, -0.2) is 4.68 Å². The van der Waals surface area contributed by atoms with E-state index in [0.29, 0.717) is 37.3 Å². The van der Waals surface area contributed by atoms with Crippen LogP contribution >= 0.6 is 0 Å². The number of hydrogen-bond acceptors (Lipinski definition) is 5. The zero-order valence-corrected chi connectivity index (χ0v) is 15.8. The molecule has 0 radical (unpaired) electrons. The molecule has 3 rings (SSSR count). The molecular formula is C19H24N4O4. The van der Waals surface area contributed by atoms with Gasteiger partial charge >= 0.3 is 5.97 Å². The van der Waals surface area contributed by atoms with Gasteiger partial charge in [0.1, 0.15) is 5.75 Å². The van der Waals surface area contributed by atoms with Crippen LogP contribution < -0.4 is 4.74 Å². The first-order chi connectivity index (χ1) is 12.9. The van der Waals surface area contributed by atoms with Crippen LogP contribution in [0.25, 0.3) is 5.69 Å². The number of carboxylic acids is 1. The van der Waals surface area contributed by atoms with Gasteiger partial charge in [-0.2, -0.15) is 0 Å². The fraction of sp³-hybridized carbons (Fsp3) is 0.474. The summed E-state index contributed by atoms with van der Waals surface area (Å²) in [6, 6.07) is 7.45. The van der Waals surface area contributed by atoms with E-state index in [2.05, 4.69) is 10.3 Å². The molecule has 1 N–H and O–H groups in total. The molecule has 8 nitrogen and oxygen atoms in total. The Bertz CT molecular complexity index is 821. The summed E-state index contributed by atoms with van der Waals surface area (Å²) in [6.45, 7) is 6.57. The number of carbonyl (C=O) groups is 2. The van der Waals surface area contributed by atoms with E-state index in [1.807, 2.05) is 38.1 Å². The number of aliphatic carboxylic acids is 1. The second kappa shape index (κ2) is 7.77. The van der Waals surface area contributed by atoms with E-state index in [4.69, 9.17) is 9.84 Å². The number of aromatic nitrogens is 3. The molecule has 0 saturated carbocycles. The maximum atomic E-state index is 12.8. The third-order valence-corrected chi connectivity index (χ3v) is 4.68. The Morgan fingerprint density at radius 2 is 1.81 bits per heavy atom. The third-order valence-electron chi connectivity index (χ3n) is 4.68. The summed E-state index contributed by atoms with van der Waals surface area (Å²) in [6.07, 6.45) is 1.02. The molecule has 144 valence electrons. The molecule has 0 aliphatic carbocycles. The zero-order valence-electron chi connectivity index (χ0n) is 15.8. The summed E-state index contributed by atoms with van der Waals surface area (Å²) in [5.41, 5.74) is 1.74. The molecule has 0 atom stereocenters. The van der Waals surface area contributed by atoms with E-state index in [9.17, 15) is 9.59 Å². The second-order valence-electron chi connectivity index (χ2n) is 7.00. The Morgan fingerprint density at radius 1 is 1.19 bits per heavy atom. The molecule has 0 spiro atoms. The van der Waals surface area contributed by atoms with Gasteiger partial charge in [0.05, 0.1) is 23.4 Å². The van der Waals surface area contributed by atoms with Crippen LogP contribution in [-0.2, 0) is 4.79 Å². The minimum atomic E-state index is -0.797. The van der Waals surface area contributed by atoms with Crippen LogP contribution in [0.2, 0.25) is 0 Å². The molecule has 0 unspecified atom stereocenters. The van der Waals surface area contributed by atoms with Crippen molar-refractivity contribution in [3.8, 4) is 11.4 Å². The van der Waals surface area contributed by atoms with Crippen molar-refractivity contribution >= 4 is 11.9 Å². The maximum absolute atomic E-state index is 12.8. The molecule has 1 aromatic heterocycles. The predicted molar refractivity (Wildman–Crippen MR) is 98.1 cm³/mol. The Labute approximate surface area is 157 Å². The van der Waals surface area contributed by atoms with Crippen molar-refractivity contribution in [3.05, 3.63) is 35.7 Å². The molecule has 0 bridgehead atoms. The molecule has 2 aromatic rings. The van der Waals surface area contributed by atoms with E-state index < -0.39 is 5.97 Å². The molecule has 8 heteroatoms. The van der Waals surface area contributed by atoms with Gasteiger partial charge in [-0.15, -0.1) is 5.10 Å². The van der Waals surface area contributed by atoms with Crippen LogP contribution in [0.15, 0.2) is 24.3 Å². The van der Waals surface area contributed by atoms with Gasteiger partial charge in [0.2, 0.25) is 0 Å². The maximum Gasteiger partial charge on any atom is 0.306 e. The van der Waals surface area contributed by atoms with E-state index in [0.717, 1.165) is 11.4 Å². The lowest BCUT2D eigenvalue weighted by molar-refractivity contribution is -0.143. The largest absolute Gasteiger partial charge is 0.491 e. The summed E-state index contributed by atoms with van der Waals surface area (Å²) in [7, 11) is 0. The average molecular weight is 372 g/mol. The molecule has 1 aromatic carbocycles. The first-order valence-electron chi connectivity index (χ1n) is 9.08. The number of ether oxygens (including phenoxy) is 1. The van der Waals surface area contributed by atoms with Gasteiger partial charge < -0.3 is 14.7 Å². The number of piperidine rings is 1. The number of likely N-dealkylation sites (tertiary alicyclic amines) is 1. The molecule has 1 aliphatic heterocycles. The van der Waals surface area contributed by atoms with Crippen molar-refractivity contribution in [1.29, 1.82) is 0 Å². The Hall–Kier alpha value is -2.90. The van der Waals surface area contributed by atoms with Gasteiger partial charge in [0.15, 0.2) is 5.69 Å². The average Bonchev–Trinajstić information content (AvgIpc) is 3.03. The van der Waals surface area contributed by atoms with Gasteiger partial charge in [0, 0.05) is 13.1 Å². The van der Waals surface area contributed by atoms with Gasteiger partial charge in [-0.05, 0) is 57.9 Å². The van der Waals surface area contributed by atoms with E-state index in [-0.39, 0.29) is 17.9 Å². The van der Waals surface area contributed by atoms with Crippen LogP contribution in [0.4, 0.5) is 0 Å². The van der Waals surface area contributed by atoms with Crippen LogP contribution in [0.1, 0.15) is 42.9 Å². The minimum absolute atomic E-state index is 0.0958. The molecule has 27 heavy (non-hydrogen) atoms. The second-order valence-corrected chi connectivity index (χ2v) is 7.00. The Kier molecular flexibility index (Phi) is 5.43. The molecule has 1 fully saturated rings. The smallest absolute Gasteiger partial charge is 0.306 e. The molecule has 1 saturated heterocycles. The predicted octanol–water partition coefficient (Wildman–Crippen LogP) is 2.30. The van der Waals surface area contributed by atoms with Crippen molar-refractivity contribution < 1.29 is 19.4 Å². The fourth-order valence-electron chi connectivity index (χ4n) is 3.19. The highest BCUT2D eigenvalue weighted by molar-refractivity contribution is 5.93. The lowest BCUT2D eigenvalue weighted by Crippen LogP contribution is -2.40. The SMILES string of the molecule is Cc1c(C(=O)N2CCC(C(=O)O)CC2)nnn1-c1ccc(OC(C)C)cc1. The monoisotopic (exact) mass is 372 g/mol.